The van der Waals surface area contributed by atoms with Gasteiger partial charge in [-0.3, -0.25) is 4.68 Å². The summed E-state index contributed by atoms with van der Waals surface area (Å²) in [6.07, 6.45) is 9.72. The van der Waals surface area contributed by atoms with E-state index in [-0.39, 0.29) is 6.10 Å². The summed E-state index contributed by atoms with van der Waals surface area (Å²) in [7, 11) is 6.42. The van der Waals surface area contributed by atoms with Crippen molar-refractivity contribution < 1.29 is 4.74 Å². The van der Waals surface area contributed by atoms with Crippen molar-refractivity contribution in [3.8, 4) is 0 Å². The highest BCUT2D eigenvalue weighted by Crippen LogP contribution is 2.33. The fourth-order valence-electron chi connectivity index (χ4n) is 4.16. The van der Waals surface area contributed by atoms with Crippen LogP contribution in [-0.4, -0.2) is 54.0 Å². The Morgan fingerprint density at radius 2 is 2.04 bits per heavy atom. The van der Waals surface area contributed by atoms with E-state index in [0.717, 1.165) is 19.2 Å². The van der Waals surface area contributed by atoms with Crippen LogP contribution in [0.1, 0.15) is 50.3 Å². The topological polar surface area (TPSA) is 42.3 Å². The Bertz CT molecular complexity index is 479. The third-order valence-electron chi connectivity index (χ3n) is 5.69. The highest BCUT2D eigenvalue weighted by atomic mass is 16.5. The van der Waals surface area contributed by atoms with Crippen molar-refractivity contribution in [1.82, 2.24) is 20.0 Å². The normalized spacial score (nSPS) is 32.3. The summed E-state index contributed by atoms with van der Waals surface area (Å²) in [5, 5.41) is 8.15. The predicted molar refractivity (Wildman–Crippen MR) is 92.4 cm³/mol. The molecule has 2 aliphatic rings. The molecule has 5 nitrogen and oxygen atoms in total. The van der Waals surface area contributed by atoms with Crippen LogP contribution < -0.4 is 5.32 Å². The molecule has 2 heterocycles. The standard InChI is InChI=1S/C18H32N4O/c1-21(2)16-8-6-15(7-9-16)19-13-14-5-4-12-23-18(14)17-10-11-20-22(17)3/h10-11,14-16,18-19H,4-9,12-13H2,1-3H3/t14-,15?,16?,18+/m0/s1. The molecular formula is C18H32N4O. The molecule has 0 amide bonds. The van der Waals surface area contributed by atoms with Gasteiger partial charge in [0.2, 0.25) is 0 Å². The van der Waals surface area contributed by atoms with Crippen LogP contribution in [0.5, 0.6) is 0 Å². The summed E-state index contributed by atoms with van der Waals surface area (Å²) in [5.41, 5.74) is 1.22. The van der Waals surface area contributed by atoms with Crippen molar-refractivity contribution in [1.29, 1.82) is 0 Å². The lowest BCUT2D eigenvalue weighted by Gasteiger charge is -2.36. The van der Waals surface area contributed by atoms with E-state index >= 15 is 0 Å². The first kappa shape index (κ1) is 16.9. The van der Waals surface area contributed by atoms with Gasteiger partial charge in [-0.05, 0) is 58.7 Å². The third-order valence-corrected chi connectivity index (χ3v) is 5.69. The van der Waals surface area contributed by atoms with E-state index in [0.29, 0.717) is 12.0 Å². The largest absolute Gasteiger partial charge is 0.372 e. The predicted octanol–water partition coefficient (Wildman–Crippen LogP) is 2.35. The molecule has 0 spiro atoms. The summed E-state index contributed by atoms with van der Waals surface area (Å²) in [5.74, 6) is 0.561. The van der Waals surface area contributed by atoms with Gasteiger partial charge in [0, 0.05) is 44.4 Å². The summed E-state index contributed by atoms with van der Waals surface area (Å²) in [4.78, 5) is 2.38. The second kappa shape index (κ2) is 7.77. The molecule has 2 fully saturated rings. The second-order valence-corrected chi connectivity index (χ2v) is 7.45. The molecule has 1 N–H and O–H groups in total. The average molecular weight is 320 g/mol. The zero-order valence-corrected chi connectivity index (χ0v) is 14.9. The van der Waals surface area contributed by atoms with E-state index < -0.39 is 0 Å². The van der Waals surface area contributed by atoms with E-state index in [1.54, 1.807) is 0 Å². The van der Waals surface area contributed by atoms with Crippen molar-refractivity contribution in [3.05, 3.63) is 18.0 Å². The van der Waals surface area contributed by atoms with Crippen LogP contribution in [0.15, 0.2) is 12.3 Å². The van der Waals surface area contributed by atoms with Crippen molar-refractivity contribution in [2.24, 2.45) is 13.0 Å². The molecule has 0 aromatic carbocycles. The van der Waals surface area contributed by atoms with Gasteiger partial charge in [0.05, 0.1) is 5.69 Å². The molecule has 0 unspecified atom stereocenters. The molecule has 1 aliphatic heterocycles. The van der Waals surface area contributed by atoms with Crippen molar-refractivity contribution in [2.75, 3.05) is 27.2 Å². The number of hydrogen-bond donors (Lipinski definition) is 1. The summed E-state index contributed by atoms with van der Waals surface area (Å²) in [6, 6.07) is 3.55. The molecule has 1 aromatic rings. The number of aromatic nitrogens is 2. The first-order valence-corrected chi connectivity index (χ1v) is 9.14. The van der Waals surface area contributed by atoms with Crippen LogP contribution in [0.2, 0.25) is 0 Å². The summed E-state index contributed by atoms with van der Waals surface area (Å²) in [6.45, 7) is 1.94. The highest BCUT2D eigenvalue weighted by Gasteiger charge is 2.30. The van der Waals surface area contributed by atoms with Crippen LogP contribution in [-0.2, 0) is 11.8 Å². The second-order valence-electron chi connectivity index (χ2n) is 7.45. The van der Waals surface area contributed by atoms with Gasteiger partial charge in [-0.25, -0.2) is 0 Å². The van der Waals surface area contributed by atoms with Gasteiger partial charge in [0.25, 0.3) is 0 Å². The molecule has 0 radical (unpaired) electrons. The quantitative estimate of drug-likeness (QED) is 0.904. The summed E-state index contributed by atoms with van der Waals surface area (Å²) < 4.78 is 8.06. The maximum absolute atomic E-state index is 6.10. The number of ether oxygens (including phenoxy) is 1. The number of nitrogens with one attached hydrogen (secondary N) is 1. The molecule has 3 rings (SSSR count). The molecule has 130 valence electrons. The van der Waals surface area contributed by atoms with Gasteiger partial charge in [-0.15, -0.1) is 0 Å². The lowest BCUT2D eigenvalue weighted by atomic mass is 9.88. The first-order valence-electron chi connectivity index (χ1n) is 9.14. The van der Waals surface area contributed by atoms with Crippen molar-refractivity contribution in [2.45, 2.75) is 56.7 Å². The summed E-state index contributed by atoms with van der Waals surface area (Å²) >= 11 is 0. The van der Waals surface area contributed by atoms with E-state index in [2.05, 4.69) is 35.5 Å². The monoisotopic (exact) mass is 320 g/mol. The van der Waals surface area contributed by atoms with Gasteiger partial charge in [-0.1, -0.05) is 0 Å². The van der Waals surface area contributed by atoms with Crippen molar-refractivity contribution in [3.63, 3.8) is 0 Å². The molecule has 5 heteroatoms. The maximum Gasteiger partial charge on any atom is 0.103 e. The molecule has 23 heavy (non-hydrogen) atoms. The third kappa shape index (κ3) is 4.14. The van der Waals surface area contributed by atoms with Crippen molar-refractivity contribution >= 4 is 0 Å². The molecule has 0 bridgehead atoms. The Kier molecular flexibility index (Phi) is 5.72. The van der Waals surface area contributed by atoms with Gasteiger partial charge < -0.3 is 15.0 Å². The molecule has 1 saturated carbocycles. The lowest BCUT2D eigenvalue weighted by Crippen LogP contribution is -2.42. The van der Waals surface area contributed by atoms with Crippen LogP contribution in [0.4, 0.5) is 0 Å². The van der Waals surface area contributed by atoms with E-state index in [4.69, 9.17) is 4.74 Å². The Morgan fingerprint density at radius 1 is 1.26 bits per heavy atom. The Morgan fingerprint density at radius 3 is 2.70 bits per heavy atom. The van der Waals surface area contributed by atoms with Crippen LogP contribution in [0, 0.1) is 5.92 Å². The molecule has 1 saturated heterocycles. The van der Waals surface area contributed by atoms with Crippen LogP contribution >= 0.6 is 0 Å². The minimum absolute atomic E-state index is 0.196. The van der Waals surface area contributed by atoms with Gasteiger partial charge in [0.15, 0.2) is 0 Å². The average Bonchev–Trinajstić information content (AvgIpc) is 2.99. The Labute approximate surface area is 140 Å². The van der Waals surface area contributed by atoms with Crippen LogP contribution in [0.3, 0.4) is 0 Å². The number of aryl methyl sites for hydroxylation is 1. The fraction of sp³-hybridized carbons (Fsp3) is 0.833. The number of rotatable bonds is 5. The fourth-order valence-corrected chi connectivity index (χ4v) is 4.16. The molecule has 2 atom stereocenters. The Balaban J connectivity index is 1.51. The molecule has 1 aliphatic carbocycles. The zero-order chi connectivity index (χ0) is 16.2. The smallest absolute Gasteiger partial charge is 0.103 e. The van der Waals surface area contributed by atoms with E-state index in [9.17, 15) is 0 Å². The highest BCUT2D eigenvalue weighted by molar-refractivity contribution is 5.07. The molecular weight excluding hydrogens is 288 g/mol. The minimum atomic E-state index is 0.196. The number of nitrogens with zero attached hydrogens (tertiary/aromatic N) is 3. The number of hydrogen-bond acceptors (Lipinski definition) is 4. The van der Waals surface area contributed by atoms with Gasteiger partial charge in [-0.2, -0.15) is 5.10 Å². The Hall–Kier alpha value is -0.910. The van der Waals surface area contributed by atoms with E-state index in [1.165, 1.54) is 44.2 Å². The first-order chi connectivity index (χ1) is 11.1. The minimum Gasteiger partial charge on any atom is -0.372 e. The lowest BCUT2D eigenvalue weighted by molar-refractivity contribution is -0.0333. The SMILES string of the molecule is CN(C)C1CCC(NC[C@@H]2CCCO[C@H]2c2ccnn2C)CC1. The van der Waals surface area contributed by atoms with Gasteiger partial charge >= 0.3 is 0 Å². The molecule has 1 aromatic heterocycles. The van der Waals surface area contributed by atoms with E-state index in [1.807, 2.05) is 17.9 Å². The maximum atomic E-state index is 6.10. The van der Waals surface area contributed by atoms with Gasteiger partial charge in [0.1, 0.15) is 6.10 Å². The zero-order valence-electron chi connectivity index (χ0n) is 14.9. The van der Waals surface area contributed by atoms with Crippen LogP contribution in [0.25, 0.3) is 0 Å².